The number of pyridine rings is 2. The number of halogens is 1. The molecule has 1 unspecified atom stereocenters. The number of nitrogens with one attached hydrogen (secondary N) is 4. The van der Waals surface area contributed by atoms with Gasteiger partial charge in [0.1, 0.15) is 20.0 Å². The molecule has 1 aliphatic heterocycles. The molecule has 182 valence electrons. The predicted molar refractivity (Wildman–Crippen MR) is 139 cm³/mol. The van der Waals surface area contributed by atoms with E-state index in [1.54, 1.807) is 17.1 Å². The number of anilines is 2. The van der Waals surface area contributed by atoms with Gasteiger partial charge >= 0.3 is 0 Å². The molecule has 4 rings (SSSR count). The molecule has 0 saturated carbocycles. The maximum Gasteiger partial charge on any atom is 0.212 e. The van der Waals surface area contributed by atoms with Gasteiger partial charge in [-0.25, -0.2) is 4.98 Å². The largest absolute Gasteiger partial charge is 0.383 e. The summed E-state index contributed by atoms with van der Waals surface area (Å²) in [7, 11) is 3.77. The highest BCUT2D eigenvalue weighted by molar-refractivity contribution is 6.19. The van der Waals surface area contributed by atoms with E-state index in [0.29, 0.717) is 45.5 Å². The number of benzene rings is 1. The summed E-state index contributed by atoms with van der Waals surface area (Å²) in [6, 6.07) is 11.0. The van der Waals surface area contributed by atoms with Crippen LogP contribution in [-0.4, -0.2) is 36.4 Å². The summed E-state index contributed by atoms with van der Waals surface area (Å²) in [6.45, 7) is 6.91. The first-order valence-corrected chi connectivity index (χ1v) is 11.4. The van der Waals surface area contributed by atoms with Crippen LogP contribution in [0.4, 0.5) is 15.8 Å². The first-order chi connectivity index (χ1) is 17.0. The van der Waals surface area contributed by atoms with Crippen molar-refractivity contribution in [2.45, 2.75) is 26.2 Å². The summed E-state index contributed by atoms with van der Waals surface area (Å²) in [5.74, 6) is -0.577. The van der Waals surface area contributed by atoms with Crippen LogP contribution in [0.3, 0.4) is 0 Å². The first-order valence-electron chi connectivity index (χ1n) is 11.4. The van der Waals surface area contributed by atoms with Crippen molar-refractivity contribution in [3.63, 3.8) is 0 Å². The Morgan fingerprint density at radius 2 is 1.86 bits per heavy atom. The molecule has 4 N–H and O–H groups in total. The fraction of sp³-hybridized carbons (Fsp3) is 0.280. The number of fused-ring (bicyclic) bond motifs is 1. The van der Waals surface area contributed by atoms with Crippen molar-refractivity contribution in [3.8, 4) is 12.1 Å². The van der Waals surface area contributed by atoms with Crippen LogP contribution in [0.2, 0.25) is 0 Å². The van der Waals surface area contributed by atoms with E-state index in [0.717, 1.165) is 5.70 Å². The van der Waals surface area contributed by atoms with Crippen LogP contribution in [0.1, 0.15) is 37.5 Å². The van der Waals surface area contributed by atoms with Crippen LogP contribution in [0, 0.1) is 34.0 Å². The standard InChI is InChI=1S/C25H27BFN9/c1-24(2,3)14-32-23-16(10-29)11-31-22-15(9-28)7-18(8-19(22)23)33-25(26,20-13-36(4)35-34-20)17-5-6-21(27)30-12-17/h5-8,11-13,33-35H,14,26H2,1-4H3,(H,31,32). The Morgan fingerprint density at radius 1 is 1.11 bits per heavy atom. The first kappa shape index (κ1) is 24.8. The smallest absolute Gasteiger partial charge is 0.212 e. The fourth-order valence-corrected chi connectivity index (χ4v) is 4.00. The normalized spacial score (nSPS) is 14.9. The van der Waals surface area contributed by atoms with Crippen molar-refractivity contribution in [1.82, 2.24) is 25.9 Å². The lowest BCUT2D eigenvalue weighted by Crippen LogP contribution is -2.45. The van der Waals surface area contributed by atoms with Crippen molar-refractivity contribution >= 4 is 30.1 Å². The lowest BCUT2D eigenvalue weighted by Gasteiger charge is -2.33. The van der Waals surface area contributed by atoms with E-state index in [1.165, 1.54) is 18.5 Å². The van der Waals surface area contributed by atoms with E-state index in [9.17, 15) is 14.9 Å². The molecule has 36 heavy (non-hydrogen) atoms. The average Bonchev–Trinajstić information content (AvgIpc) is 3.28. The fourth-order valence-electron chi connectivity index (χ4n) is 4.00. The average molecular weight is 483 g/mol. The van der Waals surface area contributed by atoms with E-state index in [-0.39, 0.29) is 5.41 Å². The van der Waals surface area contributed by atoms with Gasteiger partial charge in [-0.05, 0) is 29.2 Å². The van der Waals surface area contributed by atoms with E-state index >= 15 is 0 Å². The highest BCUT2D eigenvalue weighted by atomic mass is 19.1. The van der Waals surface area contributed by atoms with Crippen molar-refractivity contribution < 1.29 is 4.39 Å². The Labute approximate surface area is 210 Å². The molecule has 0 fully saturated rings. The molecule has 3 aromatic rings. The van der Waals surface area contributed by atoms with Gasteiger partial charge in [-0.2, -0.15) is 14.9 Å². The molecule has 9 nitrogen and oxygen atoms in total. The highest BCUT2D eigenvalue weighted by Gasteiger charge is 2.34. The zero-order valence-electron chi connectivity index (χ0n) is 20.9. The summed E-state index contributed by atoms with van der Waals surface area (Å²) in [5, 5.41) is 29.0. The van der Waals surface area contributed by atoms with Crippen molar-refractivity contribution in [2.24, 2.45) is 5.41 Å². The van der Waals surface area contributed by atoms with E-state index < -0.39 is 11.4 Å². The molecule has 0 spiro atoms. The minimum absolute atomic E-state index is 0.0377. The zero-order valence-corrected chi connectivity index (χ0v) is 20.9. The van der Waals surface area contributed by atoms with Gasteiger partial charge in [-0.15, -0.1) is 5.53 Å². The third-order valence-electron chi connectivity index (χ3n) is 5.94. The Balaban J connectivity index is 1.88. The number of hydrazine groups is 2. The Kier molecular flexibility index (Phi) is 6.44. The molecule has 2 aromatic heterocycles. The van der Waals surface area contributed by atoms with Gasteiger partial charge in [-0.1, -0.05) is 26.8 Å². The molecule has 1 aliphatic rings. The SMILES string of the molecule is BC(Nc1cc(C#N)c2ncc(C#N)c(NCC(C)(C)C)c2c1)(C1=CN(C)NN1)c1ccc(F)nc1. The second kappa shape index (κ2) is 9.36. The molecular formula is C25H27BFN9. The molecule has 1 aromatic carbocycles. The lowest BCUT2D eigenvalue weighted by molar-refractivity contribution is 0.325. The summed E-state index contributed by atoms with van der Waals surface area (Å²) < 4.78 is 13.6. The summed E-state index contributed by atoms with van der Waals surface area (Å²) in [5.41, 5.74) is 9.18. The minimum atomic E-state index is -0.877. The third-order valence-corrected chi connectivity index (χ3v) is 5.94. The second-order valence-corrected chi connectivity index (χ2v) is 10.1. The molecule has 0 radical (unpaired) electrons. The molecule has 1 atom stereocenters. The molecule has 0 amide bonds. The van der Waals surface area contributed by atoms with E-state index in [2.05, 4.69) is 64.5 Å². The Bertz CT molecular complexity index is 1420. The van der Waals surface area contributed by atoms with Gasteiger partial charge in [-0.3, -0.25) is 9.99 Å². The predicted octanol–water partition coefficient (Wildman–Crippen LogP) is 2.66. The van der Waals surface area contributed by atoms with E-state index in [1.807, 2.05) is 27.2 Å². The van der Waals surface area contributed by atoms with Gasteiger partial charge < -0.3 is 16.1 Å². The molecular weight excluding hydrogens is 456 g/mol. The number of aromatic nitrogens is 2. The third kappa shape index (κ3) is 4.88. The maximum absolute atomic E-state index is 13.6. The number of hydrogen-bond acceptors (Lipinski definition) is 9. The van der Waals surface area contributed by atoms with Crippen LogP contribution in [0.25, 0.3) is 10.9 Å². The summed E-state index contributed by atoms with van der Waals surface area (Å²) in [6.07, 6.45) is 4.83. The number of nitrogens with zero attached hydrogens (tertiary/aromatic N) is 5. The summed E-state index contributed by atoms with van der Waals surface area (Å²) >= 11 is 0. The zero-order chi connectivity index (χ0) is 26.1. The number of nitriles is 2. The van der Waals surface area contributed by atoms with Crippen LogP contribution in [0.15, 0.2) is 48.6 Å². The van der Waals surface area contributed by atoms with Gasteiger partial charge in [0, 0.05) is 43.3 Å². The quantitative estimate of drug-likeness (QED) is 0.309. The molecule has 0 bridgehead atoms. The number of hydrogen-bond donors (Lipinski definition) is 4. The van der Waals surface area contributed by atoms with E-state index in [4.69, 9.17) is 0 Å². The van der Waals surface area contributed by atoms with Crippen molar-refractivity contribution in [3.05, 3.63) is 71.2 Å². The van der Waals surface area contributed by atoms with Crippen LogP contribution in [0.5, 0.6) is 0 Å². The monoisotopic (exact) mass is 483 g/mol. The maximum atomic E-state index is 13.6. The van der Waals surface area contributed by atoms with Crippen molar-refractivity contribution in [2.75, 3.05) is 24.2 Å². The molecule has 3 heterocycles. The minimum Gasteiger partial charge on any atom is -0.383 e. The molecule has 11 heteroatoms. The molecule has 0 aliphatic carbocycles. The molecule has 0 saturated heterocycles. The van der Waals surface area contributed by atoms with Gasteiger partial charge in [0.15, 0.2) is 0 Å². The van der Waals surface area contributed by atoms with Gasteiger partial charge in [0.25, 0.3) is 0 Å². The second-order valence-electron chi connectivity index (χ2n) is 10.1. The summed E-state index contributed by atoms with van der Waals surface area (Å²) in [4.78, 5) is 8.26. The van der Waals surface area contributed by atoms with Gasteiger partial charge in [0.2, 0.25) is 5.95 Å². The van der Waals surface area contributed by atoms with Crippen LogP contribution < -0.4 is 21.6 Å². The van der Waals surface area contributed by atoms with Crippen LogP contribution in [-0.2, 0) is 5.44 Å². The number of rotatable bonds is 6. The Hall–Kier alpha value is -4.35. The Morgan fingerprint density at radius 3 is 2.44 bits per heavy atom. The topological polar surface area (TPSA) is 125 Å². The highest BCUT2D eigenvalue weighted by Crippen LogP contribution is 2.35. The van der Waals surface area contributed by atoms with Gasteiger partial charge in [0.05, 0.1) is 33.5 Å². The van der Waals surface area contributed by atoms with Crippen LogP contribution >= 0.6 is 0 Å². The van der Waals surface area contributed by atoms with Crippen molar-refractivity contribution in [1.29, 1.82) is 10.5 Å². The lowest BCUT2D eigenvalue weighted by atomic mass is 9.70.